The number of nitrogens with zero attached hydrogens (tertiary/aromatic N) is 1. The van der Waals surface area contributed by atoms with Crippen molar-refractivity contribution in [1.29, 1.82) is 0 Å². The van der Waals surface area contributed by atoms with Crippen LogP contribution in [0.5, 0.6) is 5.75 Å². The maximum absolute atomic E-state index is 12.1. The number of hydrogen-bond donors (Lipinski definition) is 2. The Morgan fingerprint density at radius 1 is 1.55 bits per heavy atom. The van der Waals surface area contributed by atoms with Gasteiger partial charge in [0.15, 0.2) is 0 Å². The number of para-hydroxylation sites is 1. The van der Waals surface area contributed by atoms with Gasteiger partial charge in [-0.05, 0) is 12.1 Å². The van der Waals surface area contributed by atoms with Crippen molar-refractivity contribution in [1.82, 2.24) is 10.3 Å². The summed E-state index contributed by atoms with van der Waals surface area (Å²) in [6.45, 7) is 2.54. The molecule has 0 bridgehead atoms. The van der Waals surface area contributed by atoms with Crippen LogP contribution in [0.1, 0.15) is 28.2 Å². The average Bonchev–Trinajstić information content (AvgIpc) is 2.99. The Hall–Kier alpha value is -2.08. The second kappa shape index (κ2) is 6.38. The van der Waals surface area contributed by atoms with Crippen LogP contribution in [0, 0.1) is 0 Å². The third-order valence-electron chi connectivity index (χ3n) is 2.97. The fraction of sp³-hybridized carbons (Fsp3) is 0.286. The summed E-state index contributed by atoms with van der Waals surface area (Å²) in [5.74, 6) is 0.473. The number of amides is 1. The molecule has 0 aliphatic heterocycles. The van der Waals surface area contributed by atoms with E-state index in [9.17, 15) is 4.79 Å². The molecule has 1 atom stereocenters. The molecular weight excluding hydrogens is 274 g/mol. The van der Waals surface area contributed by atoms with Crippen molar-refractivity contribution in [3.8, 4) is 5.75 Å². The van der Waals surface area contributed by atoms with Gasteiger partial charge in [0.2, 0.25) is 0 Å². The van der Waals surface area contributed by atoms with Crippen LogP contribution in [0.3, 0.4) is 0 Å². The number of rotatable bonds is 5. The highest BCUT2D eigenvalue weighted by molar-refractivity contribution is 7.09. The minimum absolute atomic E-state index is 0.172. The first kappa shape index (κ1) is 14.3. The molecule has 3 N–H and O–H groups in total. The minimum Gasteiger partial charge on any atom is -0.495 e. The van der Waals surface area contributed by atoms with Gasteiger partial charge < -0.3 is 15.8 Å². The number of aromatic nitrogens is 1. The van der Waals surface area contributed by atoms with E-state index in [0.717, 1.165) is 5.01 Å². The molecule has 5 nitrogen and oxygen atoms in total. The smallest absolute Gasteiger partial charge is 0.253 e. The topological polar surface area (TPSA) is 77.2 Å². The minimum atomic E-state index is -0.204. The van der Waals surface area contributed by atoms with Gasteiger partial charge in [-0.1, -0.05) is 13.0 Å². The molecule has 1 heterocycles. The van der Waals surface area contributed by atoms with E-state index in [-0.39, 0.29) is 11.8 Å². The number of ether oxygens (including phenoxy) is 1. The first-order valence-electron chi connectivity index (χ1n) is 6.23. The predicted octanol–water partition coefficient (Wildman–Crippen LogP) is 2.27. The number of carbonyl (C=O) groups is 1. The molecule has 2 rings (SSSR count). The third kappa shape index (κ3) is 3.08. The van der Waals surface area contributed by atoms with Gasteiger partial charge in [0.05, 0.1) is 23.4 Å². The lowest BCUT2D eigenvalue weighted by atomic mass is 10.1. The Balaban J connectivity index is 2.02. The van der Waals surface area contributed by atoms with Crippen molar-refractivity contribution < 1.29 is 9.53 Å². The quantitative estimate of drug-likeness (QED) is 0.828. The summed E-state index contributed by atoms with van der Waals surface area (Å²) in [6, 6.07) is 5.15. The number of anilines is 1. The Morgan fingerprint density at radius 2 is 2.35 bits per heavy atom. The Morgan fingerprint density at radius 3 is 3.00 bits per heavy atom. The molecule has 0 aliphatic carbocycles. The number of nitrogens with two attached hydrogens (primary N) is 1. The number of thiazole rings is 1. The number of benzene rings is 1. The van der Waals surface area contributed by atoms with E-state index >= 15 is 0 Å². The fourth-order valence-electron chi connectivity index (χ4n) is 1.83. The maximum Gasteiger partial charge on any atom is 0.253 e. The molecule has 1 amide bonds. The summed E-state index contributed by atoms with van der Waals surface area (Å²) < 4.78 is 5.11. The molecule has 0 fully saturated rings. The lowest BCUT2D eigenvalue weighted by Gasteiger charge is -2.12. The molecule has 0 spiro atoms. The molecular formula is C14H17N3O2S. The first-order chi connectivity index (χ1) is 9.63. The molecule has 20 heavy (non-hydrogen) atoms. The zero-order valence-corrected chi connectivity index (χ0v) is 12.2. The van der Waals surface area contributed by atoms with Crippen molar-refractivity contribution in [3.63, 3.8) is 0 Å². The Bertz CT molecular complexity index is 584. The molecule has 1 unspecified atom stereocenters. The van der Waals surface area contributed by atoms with Crippen molar-refractivity contribution in [3.05, 3.63) is 40.3 Å². The first-order valence-corrected chi connectivity index (χ1v) is 7.11. The van der Waals surface area contributed by atoms with E-state index in [4.69, 9.17) is 10.5 Å². The van der Waals surface area contributed by atoms with Crippen LogP contribution in [-0.2, 0) is 0 Å². The highest BCUT2D eigenvalue weighted by Crippen LogP contribution is 2.24. The second-order valence-corrected chi connectivity index (χ2v) is 5.33. The molecule has 0 radical (unpaired) electrons. The van der Waals surface area contributed by atoms with Gasteiger partial charge in [-0.15, -0.1) is 11.3 Å². The monoisotopic (exact) mass is 291 g/mol. The molecule has 1 aromatic heterocycles. The van der Waals surface area contributed by atoms with Crippen LogP contribution < -0.4 is 15.8 Å². The van der Waals surface area contributed by atoms with E-state index < -0.39 is 0 Å². The molecule has 0 aliphatic rings. The van der Waals surface area contributed by atoms with E-state index in [1.807, 2.05) is 12.3 Å². The largest absolute Gasteiger partial charge is 0.495 e. The molecule has 1 aromatic carbocycles. The van der Waals surface area contributed by atoms with Gasteiger partial charge >= 0.3 is 0 Å². The maximum atomic E-state index is 12.1. The summed E-state index contributed by atoms with van der Waals surface area (Å²) in [4.78, 5) is 16.4. The normalized spacial score (nSPS) is 11.9. The van der Waals surface area contributed by atoms with Gasteiger partial charge in [-0.25, -0.2) is 4.98 Å². The predicted molar refractivity (Wildman–Crippen MR) is 80.3 cm³/mol. The van der Waals surface area contributed by atoms with Crippen molar-refractivity contribution in [2.24, 2.45) is 0 Å². The van der Waals surface area contributed by atoms with Crippen molar-refractivity contribution >= 4 is 22.9 Å². The molecule has 6 heteroatoms. The highest BCUT2D eigenvalue weighted by atomic mass is 32.1. The van der Waals surface area contributed by atoms with Gasteiger partial charge in [0, 0.05) is 24.0 Å². The zero-order valence-electron chi connectivity index (χ0n) is 11.4. The summed E-state index contributed by atoms with van der Waals surface area (Å²) >= 11 is 1.58. The van der Waals surface area contributed by atoms with E-state index in [1.165, 1.54) is 7.11 Å². The number of carbonyl (C=O) groups excluding carboxylic acids is 1. The fourth-order valence-corrected chi connectivity index (χ4v) is 2.52. The van der Waals surface area contributed by atoms with E-state index in [2.05, 4.69) is 10.3 Å². The lowest BCUT2D eigenvalue weighted by molar-refractivity contribution is 0.0952. The van der Waals surface area contributed by atoms with Crippen LogP contribution in [0.15, 0.2) is 29.8 Å². The van der Waals surface area contributed by atoms with Crippen molar-refractivity contribution in [2.75, 3.05) is 19.4 Å². The van der Waals surface area contributed by atoms with Gasteiger partial charge in [0.1, 0.15) is 5.75 Å². The highest BCUT2D eigenvalue weighted by Gasteiger charge is 2.15. The standard InChI is InChI=1S/C14H17N3O2S/c1-9(14-16-6-7-20-14)8-17-13(18)10-4-3-5-11(19-2)12(10)15/h3-7,9H,8,15H2,1-2H3,(H,17,18). The average molecular weight is 291 g/mol. The lowest BCUT2D eigenvalue weighted by Crippen LogP contribution is -2.28. The third-order valence-corrected chi connectivity index (χ3v) is 3.98. The van der Waals surface area contributed by atoms with Crippen LogP contribution in [0.2, 0.25) is 0 Å². The number of nitrogens with one attached hydrogen (secondary N) is 1. The van der Waals surface area contributed by atoms with Crippen LogP contribution in [0.4, 0.5) is 5.69 Å². The molecule has 0 saturated carbocycles. The summed E-state index contributed by atoms with van der Waals surface area (Å²) in [7, 11) is 1.53. The van der Waals surface area contributed by atoms with Crippen molar-refractivity contribution in [2.45, 2.75) is 12.8 Å². The SMILES string of the molecule is COc1cccc(C(=O)NCC(C)c2nccs2)c1N. The van der Waals surface area contributed by atoms with Gasteiger partial charge in [-0.3, -0.25) is 4.79 Å². The Labute approximate surface area is 121 Å². The summed E-state index contributed by atoms with van der Waals surface area (Å²) in [6.07, 6.45) is 1.76. The van der Waals surface area contributed by atoms with Crippen LogP contribution in [-0.4, -0.2) is 24.5 Å². The van der Waals surface area contributed by atoms with Gasteiger partial charge in [-0.2, -0.15) is 0 Å². The second-order valence-electron chi connectivity index (χ2n) is 4.40. The van der Waals surface area contributed by atoms with E-state index in [1.54, 1.807) is 35.7 Å². The Kier molecular flexibility index (Phi) is 4.57. The number of nitrogen functional groups attached to an aromatic ring is 1. The zero-order chi connectivity index (χ0) is 14.5. The van der Waals surface area contributed by atoms with Crippen LogP contribution in [0.25, 0.3) is 0 Å². The number of hydrogen-bond acceptors (Lipinski definition) is 5. The molecule has 2 aromatic rings. The summed E-state index contributed by atoms with van der Waals surface area (Å²) in [5.41, 5.74) is 6.68. The molecule has 106 valence electrons. The molecule has 0 saturated heterocycles. The summed E-state index contributed by atoms with van der Waals surface area (Å²) in [5, 5.41) is 5.80. The van der Waals surface area contributed by atoms with E-state index in [0.29, 0.717) is 23.5 Å². The number of methoxy groups -OCH3 is 1. The van der Waals surface area contributed by atoms with Crippen LogP contribution >= 0.6 is 11.3 Å². The van der Waals surface area contributed by atoms with Gasteiger partial charge in [0.25, 0.3) is 5.91 Å².